The van der Waals surface area contributed by atoms with Crippen LogP contribution in [0.25, 0.3) is 0 Å². The van der Waals surface area contributed by atoms with E-state index < -0.39 is 0 Å². The number of phenols is 1. The number of aromatic hydroxyl groups is 1. The van der Waals surface area contributed by atoms with Gasteiger partial charge in [0.2, 0.25) is 0 Å². The molecule has 0 aliphatic carbocycles. The van der Waals surface area contributed by atoms with E-state index in [1.54, 1.807) is 18.2 Å². The number of ether oxygens (including phenoxy) is 1. The summed E-state index contributed by atoms with van der Waals surface area (Å²) in [7, 11) is 0. The predicted octanol–water partition coefficient (Wildman–Crippen LogP) is 3.34. The van der Waals surface area contributed by atoms with Gasteiger partial charge in [0, 0.05) is 23.7 Å². The Bertz CT molecular complexity index is 356. The number of nitrogens with one attached hydrogen (secondary N) is 1. The van der Waals surface area contributed by atoms with E-state index in [1.165, 1.54) is 0 Å². The van der Waals surface area contributed by atoms with Gasteiger partial charge in [-0.05, 0) is 51.4 Å². The average molecular weight is 272 g/mol. The number of phenolic OH excluding ortho intramolecular Hbond substituents is 1. The summed E-state index contributed by atoms with van der Waals surface area (Å²) >= 11 is 5.87. The number of rotatable bonds is 8. The summed E-state index contributed by atoms with van der Waals surface area (Å²) in [6, 6.07) is 5.09. The fourth-order valence-corrected chi connectivity index (χ4v) is 1.78. The molecule has 2 N–H and O–H groups in total. The maximum Gasteiger partial charge on any atom is 0.120 e. The van der Waals surface area contributed by atoms with E-state index in [2.05, 4.69) is 5.32 Å². The highest BCUT2D eigenvalue weighted by molar-refractivity contribution is 6.30. The van der Waals surface area contributed by atoms with Gasteiger partial charge in [-0.25, -0.2) is 0 Å². The van der Waals surface area contributed by atoms with Crippen LogP contribution in [-0.4, -0.2) is 24.4 Å². The lowest BCUT2D eigenvalue weighted by Crippen LogP contribution is -2.15. The van der Waals surface area contributed by atoms with Gasteiger partial charge in [-0.2, -0.15) is 0 Å². The van der Waals surface area contributed by atoms with Crippen LogP contribution in [0.2, 0.25) is 5.02 Å². The van der Waals surface area contributed by atoms with Crippen molar-refractivity contribution in [1.82, 2.24) is 5.32 Å². The van der Waals surface area contributed by atoms with E-state index in [9.17, 15) is 5.11 Å². The Labute approximate surface area is 114 Å². The van der Waals surface area contributed by atoms with Gasteiger partial charge in [0.1, 0.15) is 5.75 Å². The minimum Gasteiger partial charge on any atom is -0.508 e. The zero-order valence-corrected chi connectivity index (χ0v) is 11.8. The second-order valence-corrected chi connectivity index (χ2v) is 5.01. The molecule has 0 aromatic heterocycles. The Balaban J connectivity index is 2.12. The molecule has 0 saturated heterocycles. The molecular weight excluding hydrogens is 250 g/mol. The van der Waals surface area contributed by atoms with Crippen LogP contribution in [0.15, 0.2) is 18.2 Å². The van der Waals surface area contributed by atoms with E-state index in [0.717, 1.165) is 31.6 Å². The minimum atomic E-state index is 0.287. The van der Waals surface area contributed by atoms with Gasteiger partial charge in [0.25, 0.3) is 0 Å². The van der Waals surface area contributed by atoms with Crippen molar-refractivity contribution in [3.8, 4) is 5.75 Å². The van der Waals surface area contributed by atoms with Crippen LogP contribution >= 0.6 is 11.6 Å². The molecule has 1 aromatic rings. The number of benzene rings is 1. The summed E-state index contributed by atoms with van der Waals surface area (Å²) in [4.78, 5) is 0. The highest BCUT2D eigenvalue weighted by atomic mass is 35.5. The average Bonchev–Trinajstić information content (AvgIpc) is 2.32. The summed E-state index contributed by atoms with van der Waals surface area (Å²) in [5, 5.41) is 13.5. The minimum absolute atomic E-state index is 0.287. The van der Waals surface area contributed by atoms with E-state index in [-0.39, 0.29) is 5.75 Å². The van der Waals surface area contributed by atoms with Gasteiger partial charge in [-0.1, -0.05) is 11.6 Å². The molecule has 0 atom stereocenters. The molecule has 0 bridgehead atoms. The van der Waals surface area contributed by atoms with Crippen molar-refractivity contribution in [1.29, 1.82) is 0 Å². The largest absolute Gasteiger partial charge is 0.508 e. The molecule has 0 radical (unpaired) electrons. The van der Waals surface area contributed by atoms with Gasteiger partial charge < -0.3 is 15.2 Å². The third-order valence-corrected chi connectivity index (χ3v) is 2.79. The van der Waals surface area contributed by atoms with Crippen molar-refractivity contribution in [2.45, 2.75) is 39.3 Å². The molecular formula is C14H22ClNO2. The van der Waals surface area contributed by atoms with Crippen molar-refractivity contribution < 1.29 is 9.84 Å². The lowest BCUT2D eigenvalue weighted by Gasteiger charge is -2.09. The molecule has 102 valence electrons. The van der Waals surface area contributed by atoms with Gasteiger partial charge in [-0.15, -0.1) is 0 Å². The molecule has 4 heteroatoms. The SMILES string of the molecule is CC(C)OCCCCNCc1cc(Cl)ccc1O. The zero-order chi connectivity index (χ0) is 13.4. The number of halogens is 1. The third-order valence-electron chi connectivity index (χ3n) is 2.56. The van der Waals surface area contributed by atoms with Crippen LogP contribution in [0.5, 0.6) is 5.75 Å². The number of hydrogen-bond donors (Lipinski definition) is 2. The topological polar surface area (TPSA) is 41.5 Å². The lowest BCUT2D eigenvalue weighted by molar-refractivity contribution is 0.0760. The number of hydrogen-bond acceptors (Lipinski definition) is 3. The molecule has 0 heterocycles. The maximum absolute atomic E-state index is 9.62. The van der Waals surface area contributed by atoms with Crippen LogP contribution in [0.1, 0.15) is 32.3 Å². The molecule has 0 aliphatic heterocycles. The predicted molar refractivity (Wildman–Crippen MR) is 75.1 cm³/mol. The Morgan fingerprint density at radius 3 is 2.83 bits per heavy atom. The van der Waals surface area contributed by atoms with Gasteiger partial charge >= 0.3 is 0 Å². The normalized spacial score (nSPS) is 11.1. The van der Waals surface area contributed by atoms with E-state index in [0.29, 0.717) is 17.7 Å². The standard InChI is InChI=1S/C14H22ClNO2/c1-11(2)18-8-4-3-7-16-10-12-9-13(15)5-6-14(12)17/h5-6,9,11,16-17H,3-4,7-8,10H2,1-2H3. The first kappa shape index (κ1) is 15.3. The molecule has 18 heavy (non-hydrogen) atoms. The van der Waals surface area contributed by atoms with Crippen molar-refractivity contribution in [3.05, 3.63) is 28.8 Å². The first-order valence-electron chi connectivity index (χ1n) is 6.39. The fourth-order valence-electron chi connectivity index (χ4n) is 1.59. The van der Waals surface area contributed by atoms with E-state index >= 15 is 0 Å². The van der Waals surface area contributed by atoms with E-state index in [1.807, 2.05) is 13.8 Å². The quantitative estimate of drug-likeness (QED) is 0.713. The highest BCUT2D eigenvalue weighted by Crippen LogP contribution is 2.20. The summed E-state index contributed by atoms with van der Waals surface area (Å²) in [6.07, 6.45) is 2.42. The summed E-state index contributed by atoms with van der Waals surface area (Å²) in [6.45, 7) is 6.44. The molecule has 0 saturated carbocycles. The Hall–Kier alpha value is -0.770. The van der Waals surface area contributed by atoms with Crippen LogP contribution in [0.4, 0.5) is 0 Å². The molecule has 0 unspecified atom stereocenters. The van der Waals surface area contributed by atoms with Crippen molar-refractivity contribution >= 4 is 11.6 Å². The fraction of sp³-hybridized carbons (Fsp3) is 0.571. The van der Waals surface area contributed by atoms with Crippen LogP contribution in [-0.2, 0) is 11.3 Å². The second-order valence-electron chi connectivity index (χ2n) is 4.58. The molecule has 1 aromatic carbocycles. The van der Waals surface area contributed by atoms with Crippen molar-refractivity contribution in [2.75, 3.05) is 13.2 Å². The monoisotopic (exact) mass is 271 g/mol. The number of unbranched alkanes of at least 4 members (excludes halogenated alkanes) is 1. The Morgan fingerprint density at radius 1 is 1.33 bits per heavy atom. The van der Waals surface area contributed by atoms with Crippen LogP contribution in [0, 0.1) is 0 Å². The highest BCUT2D eigenvalue weighted by Gasteiger charge is 2.01. The molecule has 0 amide bonds. The molecule has 0 aliphatic rings. The second kappa shape index (κ2) is 8.35. The van der Waals surface area contributed by atoms with Crippen molar-refractivity contribution in [3.63, 3.8) is 0 Å². The van der Waals surface area contributed by atoms with Crippen molar-refractivity contribution in [2.24, 2.45) is 0 Å². The smallest absolute Gasteiger partial charge is 0.120 e. The summed E-state index contributed by atoms with van der Waals surface area (Å²) in [5.41, 5.74) is 0.834. The lowest BCUT2D eigenvalue weighted by atomic mass is 10.2. The third kappa shape index (κ3) is 6.24. The Morgan fingerprint density at radius 2 is 2.11 bits per heavy atom. The van der Waals surface area contributed by atoms with Gasteiger partial charge in [-0.3, -0.25) is 0 Å². The molecule has 0 spiro atoms. The molecule has 3 nitrogen and oxygen atoms in total. The summed E-state index contributed by atoms with van der Waals surface area (Å²) in [5.74, 6) is 0.287. The van der Waals surface area contributed by atoms with Gasteiger partial charge in [0.05, 0.1) is 6.10 Å². The van der Waals surface area contributed by atoms with E-state index in [4.69, 9.17) is 16.3 Å². The first-order chi connectivity index (χ1) is 8.59. The van der Waals surface area contributed by atoms with Crippen LogP contribution in [0.3, 0.4) is 0 Å². The van der Waals surface area contributed by atoms with Gasteiger partial charge in [0.15, 0.2) is 0 Å². The Kier molecular flexibility index (Phi) is 7.09. The molecule has 0 fully saturated rings. The zero-order valence-electron chi connectivity index (χ0n) is 11.1. The molecule has 1 rings (SSSR count). The first-order valence-corrected chi connectivity index (χ1v) is 6.77. The van der Waals surface area contributed by atoms with Crippen LogP contribution < -0.4 is 5.32 Å². The summed E-state index contributed by atoms with van der Waals surface area (Å²) < 4.78 is 5.46. The maximum atomic E-state index is 9.62.